The number of fused-ring (bicyclic) bond motifs is 2. The number of carbonyl (C=O) groups is 1. The molecule has 0 unspecified atom stereocenters. The maximum Gasteiger partial charge on any atom is 0.261 e. The van der Waals surface area contributed by atoms with Gasteiger partial charge in [-0.15, -0.1) is 0 Å². The summed E-state index contributed by atoms with van der Waals surface area (Å²) in [6.45, 7) is 2.77. The van der Waals surface area contributed by atoms with E-state index in [2.05, 4.69) is 17.2 Å². The molecule has 0 radical (unpaired) electrons. The smallest absolute Gasteiger partial charge is 0.261 e. The van der Waals surface area contributed by atoms with Crippen LogP contribution in [0.4, 0.5) is 0 Å². The highest BCUT2D eigenvalue weighted by Gasteiger charge is 2.11. The Bertz CT molecular complexity index is 981. The molecule has 1 aromatic heterocycles. The number of amides is 1. The first-order valence-electron chi connectivity index (χ1n) is 8.39. The molecule has 0 saturated carbocycles. The lowest BCUT2D eigenvalue weighted by atomic mass is 10.1. The molecule has 0 bridgehead atoms. The van der Waals surface area contributed by atoms with Gasteiger partial charge in [-0.3, -0.25) is 14.2 Å². The van der Waals surface area contributed by atoms with Crippen molar-refractivity contribution in [3.63, 3.8) is 0 Å². The van der Waals surface area contributed by atoms with E-state index < -0.39 is 0 Å². The van der Waals surface area contributed by atoms with Crippen molar-refractivity contribution in [2.45, 2.75) is 24.9 Å². The average Bonchev–Trinajstić information content (AvgIpc) is 2.62. The highest BCUT2D eigenvalue weighted by atomic mass is 32.2. The zero-order valence-corrected chi connectivity index (χ0v) is 15.2. The lowest BCUT2D eigenvalue weighted by Crippen LogP contribution is -2.27. The summed E-state index contributed by atoms with van der Waals surface area (Å²) in [5.41, 5.74) is 0.570. The fourth-order valence-electron chi connectivity index (χ4n) is 2.65. The van der Waals surface area contributed by atoms with Crippen molar-refractivity contribution in [3.8, 4) is 0 Å². The van der Waals surface area contributed by atoms with Gasteiger partial charge in [0, 0.05) is 13.6 Å². The van der Waals surface area contributed by atoms with Crippen molar-refractivity contribution in [3.05, 3.63) is 46.8 Å². The largest absolute Gasteiger partial charge is 0.355 e. The van der Waals surface area contributed by atoms with Crippen LogP contribution in [-0.2, 0) is 11.8 Å². The lowest BCUT2D eigenvalue weighted by molar-refractivity contribution is -0.118. The van der Waals surface area contributed by atoms with E-state index in [-0.39, 0.29) is 17.2 Å². The Balaban J connectivity index is 1.88. The van der Waals surface area contributed by atoms with Crippen LogP contribution in [0.3, 0.4) is 0 Å². The molecule has 0 aliphatic rings. The number of hydrogen-bond donors (Lipinski definition) is 1. The fourth-order valence-corrected chi connectivity index (χ4v) is 3.45. The Morgan fingerprint density at radius 2 is 1.96 bits per heavy atom. The number of unbranched alkanes of at least 4 members (excludes halogenated alkanes) is 1. The molecular formula is C19H21N3O2S. The van der Waals surface area contributed by atoms with Crippen molar-refractivity contribution in [1.82, 2.24) is 14.9 Å². The SMILES string of the molecule is CCCCNC(=O)CSc1nc2cc3ccccc3cc2c(=O)n1C. The first-order valence-corrected chi connectivity index (χ1v) is 9.37. The molecule has 3 rings (SSSR count). The van der Waals surface area contributed by atoms with Gasteiger partial charge in [-0.2, -0.15) is 0 Å². The van der Waals surface area contributed by atoms with Crippen LogP contribution in [0.15, 0.2) is 46.3 Å². The first kappa shape index (κ1) is 17.5. The molecule has 130 valence electrons. The Hall–Kier alpha value is -2.34. The van der Waals surface area contributed by atoms with Crippen LogP contribution in [0.2, 0.25) is 0 Å². The number of benzene rings is 2. The van der Waals surface area contributed by atoms with E-state index in [1.165, 1.54) is 16.3 Å². The lowest BCUT2D eigenvalue weighted by Gasteiger charge is -2.10. The number of hydrogen-bond acceptors (Lipinski definition) is 4. The summed E-state index contributed by atoms with van der Waals surface area (Å²) in [5, 5.41) is 6.09. The van der Waals surface area contributed by atoms with Crippen molar-refractivity contribution in [1.29, 1.82) is 0 Å². The van der Waals surface area contributed by atoms with Gasteiger partial charge in [-0.1, -0.05) is 49.4 Å². The number of aromatic nitrogens is 2. The van der Waals surface area contributed by atoms with Gasteiger partial charge in [0.2, 0.25) is 5.91 Å². The normalized spacial score (nSPS) is 11.1. The van der Waals surface area contributed by atoms with E-state index in [1.54, 1.807) is 7.05 Å². The maximum absolute atomic E-state index is 12.7. The van der Waals surface area contributed by atoms with Gasteiger partial charge < -0.3 is 5.32 Å². The number of carbonyl (C=O) groups excluding carboxylic acids is 1. The molecule has 0 saturated heterocycles. The van der Waals surface area contributed by atoms with Gasteiger partial charge in [0.15, 0.2) is 5.16 Å². The molecule has 0 aliphatic heterocycles. The van der Waals surface area contributed by atoms with Crippen LogP contribution in [0, 0.1) is 0 Å². The summed E-state index contributed by atoms with van der Waals surface area (Å²) in [5.74, 6) is 0.217. The van der Waals surface area contributed by atoms with Gasteiger partial charge in [-0.25, -0.2) is 4.98 Å². The molecule has 25 heavy (non-hydrogen) atoms. The summed E-state index contributed by atoms with van der Waals surface area (Å²) in [4.78, 5) is 29.1. The monoisotopic (exact) mass is 355 g/mol. The number of nitrogens with zero attached hydrogens (tertiary/aromatic N) is 2. The summed E-state index contributed by atoms with van der Waals surface area (Å²) in [7, 11) is 1.70. The molecular weight excluding hydrogens is 334 g/mol. The van der Waals surface area contributed by atoms with E-state index in [1.807, 2.05) is 36.4 Å². The second-order valence-corrected chi connectivity index (χ2v) is 6.91. The van der Waals surface area contributed by atoms with Crippen LogP contribution < -0.4 is 10.9 Å². The first-order chi connectivity index (χ1) is 12.1. The minimum atomic E-state index is -0.0929. The Morgan fingerprint density at radius 1 is 1.24 bits per heavy atom. The van der Waals surface area contributed by atoms with E-state index >= 15 is 0 Å². The van der Waals surface area contributed by atoms with Crippen molar-refractivity contribution in [2.75, 3.05) is 12.3 Å². The number of thioether (sulfide) groups is 1. The van der Waals surface area contributed by atoms with Gasteiger partial charge in [0.05, 0.1) is 16.7 Å². The Morgan fingerprint density at radius 3 is 2.68 bits per heavy atom. The standard InChI is InChI=1S/C19H21N3O2S/c1-3-4-9-20-17(23)12-25-19-21-16-11-14-8-6-5-7-13(14)10-15(16)18(24)22(19)2/h5-8,10-11H,3-4,9,12H2,1-2H3,(H,20,23). The quantitative estimate of drug-likeness (QED) is 0.319. The molecule has 0 spiro atoms. The van der Waals surface area contributed by atoms with Crippen LogP contribution >= 0.6 is 11.8 Å². The highest BCUT2D eigenvalue weighted by Crippen LogP contribution is 2.22. The molecule has 0 atom stereocenters. The second-order valence-electron chi connectivity index (χ2n) is 5.97. The zero-order valence-electron chi connectivity index (χ0n) is 14.4. The number of rotatable bonds is 6. The summed E-state index contributed by atoms with van der Waals surface area (Å²) >= 11 is 1.29. The third-order valence-electron chi connectivity index (χ3n) is 4.09. The highest BCUT2D eigenvalue weighted by molar-refractivity contribution is 7.99. The van der Waals surface area contributed by atoms with Gasteiger partial charge in [-0.05, 0) is 29.3 Å². The van der Waals surface area contributed by atoms with Crippen LogP contribution in [-0.4, -0.2) is 27.8 Å². The maximum atomic E-state index is 12.7. The zero-order chi connectivity index (χ0) is 17.8. The molecule has 5 nitrogen and oxygen atoms in total. The molecule has 1 N–H and O–H groups in total. The van der Waals surface area contributed by atoms with E-state index in [0.29, 0.717) is 22.6 Å². The minimum Gasteiger partial charge on any atom is -0.355 e. The van der Waals surface area contributed by atoms with Crippen molar-refractivity contribution in [2.24, 2.45) is 7.05 Å². The Kier molecular flexibility index (Phi) is 5.38. The molecule has 6 heteroatoms. The summed E-state index contributed by atoms with van der Waals surface area (Å²) in [6.07, 6.45) is 2.01. The molecule has 2 aromatic carbocycles. The number of nitrogens with one attached hydrogen (secondary N) is 1. The second kappa shape index (κ2) is 7.70. The fraction of sp³-hybridized carbons (Fsp3) is 0.316. The molecule has 0 fully saturated rings. The topological polar surface area (TPSA) is 64.0 Å². The van der Waals surface area contributed by atoms with Crippen LogP contribution in [0.1, 0.15) is 19.8 Å². The minimum absolute atomic E-state index is 0.0358. The summed E-state index contributed by atoms with van der Waals surface area (Å²) < 4.78 is 1.51. The molecule has 3 aromatic rings. The summed E-state index contributed by atoms with van der Waals surface area (Å²) in [6, 6.07) is 11.7. The van der Waals surface area contributed by atoms with E-state index in [0.717, 1.165) is 23.6 Å². The average molecular weight is 355 g/mol. The predicted octanol–water partition coefficient (Wildman–Crippen LogP) is 3.10. The molecule has 1 heterocycles. The van der Waals surface area contributed by atoms with E-state index in [4.69, 9.17) is 0 Å². The van der Waals surface area contributed by atoms with Gasteiger partial charge in [0.25, 0.3) is 5.56 Å². The molecule has 0 aliphatic carbocycles. The van der Waals surface area contributed by atoms with Crippen molar-refractivity contribution >= 4 is 39.3 Å². The van der Waals surface area contributed by atoms with E-state index in [9.17, 15) is 9.59 Å². The van der Waals surface area contributed by atoms with Gasteiger partial charge >= 0.3 is 0 Å². The third-order valence-corrected chi connectivity index (χ3v) is 5.12. The van der Waals surface area contributed by atoms with Gasteiger partial charge in [0.1, 0.15) is 0 Å². The molecule has 1 amide bonds. The predicted molar refractivity (Wildman–Crippen MR) is 103 cm³/mol. The van der Waals surface area contributed by atoms with Crippen LogP contribution in [0.25, 0.3) is 21.7 Å². The van der Waals surface area contributed by atoms with Crippen LogP contribution in [0.5, 0.6) is 0 Å². The van der Waals surface area contributed by atoms with Crippen molar-refractivity contribution < 1.29 is 4.79 Å². The Labute approximate surface area is 150 Å². The third kappa shape index (κ3) is 3.85.